The summed E-state index contributed by atoms with van der Waals surface area (Å²) in [5, 5.41) is 2.09. The summed E-state index contributed by atoms with van der Waals surface area (Å²) in [4.78, 5) is 47.1. The van der Waals surface area contributed by atoms with Crippen LogP contribution in [0.25, 0.3) is 0 Å². The van der Waals surface area contributed by atoms with E-state index in [2.05, 4.69) is 5.32 Å². The first kappa shape index (κ1) is 21.0. The summed E-state index contributed by atoms with van der Waals surface area (Å²) in [5.74, 6) is -0.829. The second kappa shape index (κ2) is 10.7. The zero-order chi connectivity index (χ0) is 18.8. The highest BCUT2D eigenvalue weighted by atomic mass is 32.2. The Hall–Kier alpha value is -2.07. The van der Waals surface area contributed by atoms with Crippen molar-refractivity contribution in [3.8, 4) is 0 Å². The minimum Gasteiger partial charge on any atom is -0.461 e. The van der Waals surface area contributed by atoms with Crippen molar-refractivity contribution in [2.24, 2.45) is 5.73 Å². The third kappa shape index (κ3) is 6.05. The molecule has 10 heteroatoms. The summed E-state index contributed by atoms with van der Waals surface area (Å²) < 4.78 is 10.1. The zero-order valence-corrected chi connectivity index (χ0v) is 15.0. The molecule has 1 aliphatic heterocycles. The van der Waals surface area contributed by atoms with Crippen LogP contribution in [0.4, 0.5) is 0 Å². The van der Waals surface area contributed by atoms with Crippen molar-refractivity contribution >= 4 is 36.5 Å². The van der Waals surface area contributed by atoms with Crippen molar-refractivity contribution in [2.45, 2.75) is 31.7 Å². The molecule has 9 nitrogen and oxygen atoms in total. The van der Waals surface area contributed by atoms with Gasteiger partial charge in [-0.3, -0.25) is 19.3 Å². The van der Waals surface area contributed by atoms with Gasteiger partial charge in [-0.15, -0.1) is 11.8 Å². The maximum Gasteiger partial charge on any atom is 0.355 e. The number of carbonyl (C=O) groups is 4. The fourth-order valence-electron chi connectivity index (χ4n) is 2.20. The standard InChI is InChI=1S/C15H23N3O6S/c1-10(17-8-19)14-18(9-20)13(15(22)23-5-3-4-16)12(7-25-14)6-24-11(2)21/h8-10,14H,3-7,16H2,1-2H3,(H,17,19). The summed E-state index contributed by atoms with van der Waals surface area (Å²) in [6.07, 6.45) is 1.53. The van der Waals surface area contributed by atoms with Crippen LogP contribution in [0.5, 0.6) is 0 Å². The van der Waals surface area contributed by atoms with Gasteiger partial charge in [0.2, 0.25) is 12.8 Å². The van der Waals surface area contributed by atoms with Crippen LogP contribution >= 0.6 is 11.8 Å². The molecule has 0 aromatic heterocycles. The van der Waals surface area contributed by atoms with Gasteiger partial charge in [0.25, 0.3) is 0 Å². The van der Waals surface area contributed by atoms with Gasteiger partial charge < -0.3 is 20.5 Å². The van der Waals surface area contributed by atoms with Crippen molar-refractivity contribution in [3.63, 3.8) is 0 Å². The molecule has 1 heterocycles. The molecule has 0 saturated carbocycles. The molecule has 3 N–H and O–H groups in total. The van der Waals surface area contributed by atoms with Crippen LogP contribution in [-0.2, 0) is 28.7 Å². The maximum atomic E-state index is 12.5. The van der Waals surface area contributed by atoms with Gasteiger partial charge in [0.15, 0.2) is 0 Å². The number of nitrogens with one attached hydrogen (secondary N) is 1. The average Bonchev–Trinajstić information content (AvgIpc) is 2.59. The highest BCUT2D eigenvalue weighted by Gasteiger charge is 2.36. The van der Waals surface area contributed by atoms with E-state index in [1.54, 1.807) is 6.92 Å². The van der Waals surface area contributed by atoms with E-state index < -0.39 is 23.4 Å². The number of nitrogens with zero attached hydrogens (tertiary/aromatic N) is 1. The van der Waals surface area contributed by atoms with E-state index >= 15 is 0 Å². The fraction of sp³-hybridized carbons (Fsp3) is 0.600. The van der Waals surface area contributed by atoms with Crippen LogP contribution in [-0.4, -0.2) is 66.6 Å². The van der Waals surface area contributed by atoms with Crippen LogP contribution in [0.1, 0.15) is 20.3 Å². The molecule has 2 amide bonds. The average molecular weight is 373 g/mol. The van der Waals surface area contributed by atoms with Crippen molar-refractivity contribution in [1.82, 2.24) is 10.2 Å². The molecule has 0 aromatic rings. The van der Waals surface area contributed by atoms with Crippen LogP contribution in [0.15, 0.2) is 11.3 Å². The smallest absolute Gasteiger partial charge is 0.355 e. The Kier molecular flexibility index (Phi) is 9.00. The molecule has 0 radical (unpaired) electrons. The van der Waals surface area contributed by atoms with Gasteiger partial charge in [-0.05, 0) is 19.9 Å². The van der Waals surface area contributed by atoms with Gasteiger partial charge in [0.1, 0.15) is 17.7 Å². The van der Waals surface area contributed by atoms with Crippen molar-refractivity contribution in [3.05, 3.63) is 11.3 Å². The molecule has 25 heavy (non-hydrogen) atoms. The molecular formula is C15H23N3O6S. The van der Waals surface area contributed by atoms with E-state index in [-0.39, 0.29) is 18.9 Å². The summed E-state index contributed by atoms with van der Waals surface area (Å²) in [5.41, 5.74) is 5.89. The largest absolute Gasteiger partial charge is 0.461 e. The van der Waals surface area contributed by atoms with Gasteiger partial charge >= 0.3 is 11.9 Å². The van der Waals surface area contributed by atoms with E-state index in [1.807, 2.05) is 0 Å². The highest BCUT2D eigenvalue weighted by Crippen LogP contribution is 2.32. The predicted molar refractivity (Wildman–Crippen MR) is 91.1 cm³/mol. The molecule has 0 saturated heterocycles. The number of nitrogens with two attached hydrogens (primary N) is 1. The van der Waals surface area contributed by atoms with Crippen molar-refractivity contribution in [1.29, 1.82) is 0 Å². The molecule has 0 spiro atoms. The minimum absolute atomic E-state index is 0.0385. The first-order valence-electron chi connectivity index (χ1n) is 7.73. The Labute approximate surface area is 150 Å². The molecule has 0 aliphatic carbocycles. The van der Waals surface area contributed by atoms with Crippen molar-refractivity contribution < 1.29 is 28.7 Å². The van der Waals surface area contributed by atoms with Gasteiger partial charge in [-0.2, -0.15) is 0 Å². The normalized spacial score (nSPS) is 18.4. The molecular weight excluding hydrogens is 350 g/mol. The molecule has 140 valence electrons. The quantitative estimate of drug-likeness (QED) is 0.294. The number of thioether (sulfide) groups is 1. The molecule has 0 bridgehead atoms. The van der Waals surface area contributed by atoms with E-state index in [0.717, 1.165) is 0 Å². The van der Waals surface area contributed by atoms with Gasteiger partial charge in [-0.1, -0.05) is 0 Å². The third-order valence-electron chi connectivity index (χ3n) is 3.39. The number of rotatable bonds is 10. The Morgan fingerprint density at radius 2 is 2.16 bits per heavy atom. The summed E-state index contributed by atoms with van der Waals surface area (Å²) in [7, 11) is 0. The Balaban J connectivity index is 3.10. The number of esters is 2. The second-order valence-corrected chi connectivity index (χ2v) is 6.40. The second-order valence-electron chi connectivity index (χ2n) is 5.30. The first-order valence-corrected chi connectivity index (χ1v) is 8.78. The highest BCUT2D eigenvalue weighted by molar-refractivity contribution is 8.00. The van der Waals surface area contributed by atoms with Crippen LogP contribution in [0.3, 0.4) is 0 Å². The van der Waals surface area contributed by atoms with Crippen LogP contribution in [0.2, 0.25) is 0 Å². The first-order chi connectivity index (χ1) is 12.0. The fourth-order valence-corrected chi connectivity index (χ4v) is 3.47. The van der Waals surface area contributed by atoms with E-state index in [0.29, 0.717) is 37.1 Å². The number of amides is 2. The Morgan fingerprint density at radius 1 is 1.44 bits per heavy atom. The molecule has 0 aromatic carbocycles. The zero-order valence-electron chi connectivity index (χ0n) is 14.2. The molecule has 2 atom stereocenters. The van der Waals surface area contributed by atoms with E-state index in [9.17, 15) is 19.2 Å². The van der Waals surface area contributed by atoms with Crippen molar-refractivity contribution in [2.75, 3.05) is 25.5 Å². The molecule has 1 rings (SSSR count). The number of ether oxygens (including phenoxy) is 2. The summed E-state index contributed by atoms with van der Waals surface area (Å²) >= 11 is 1.35. The summed E-state index contributed by atoms with van der Waals surface area (Å²) in [6.45, 7) is 3.34. The number of hydrogen-bond acceptors (Lipinski definition) is 8. The van der Waals surface area contributed by atoms with Crippen LogP contribution < -0.4 is 11.1 Å². The Morgan fingerprint density at radius 3 is 2.72 bits per heavy atom. The summed E-state index contributed by atoms with van der Waals surface area (Å²) in [6, 6.07) is -0.394. The minimum atomic E-state index is -0.689. The molecule has 1 aliphatic rings. The molecule has 0 fully saturated rings. The van der Waals surface area contributed by atoms with E-state index in [4.69, 9.17) is 15.2 Å². The number of carbonyl (C=O) groups excluding carboxylic acids is 4. The topological polar surface area (TPSA) is 128 Å². The third-order valence-corrected chi connectivity index (χ3v) is 4.88. The lowest BCUT2D eigenvalue weighted by Crippen LogP contribution is -2.49. The SMILES string of the molecule is CC(=O)OCC1=C(C(=O)OCCCN)N(C=O)C(C(C)NC=O)SC1. The monoisotopic (exact) mass is 373 g/mol. The lowest BCUT2D eigenvalue weighted by Gasteiger charge is -2.37. The number of hydrogen-bond donors (Lipinski definition) is 2. The van der Waals surface area contributed by atoms with Gasteiger partial charge in [-0.25, -0.2) is 4.79 Å². The van der Waals surface area contributed by atoms with Gasteiger partial charge in [0.05, 0.1) is 12.6 Å². The lowest BCUT2D eigenvalue weighted by atomic mass is 10.2. The van der Waals surface area contributed by atoms with Gasteiger partial charge in [0, 0.05) is 18.2 Å². The molecule has 2 unspecified atom stereocenters. The Bertz CT molecular complexity index is 539. The predicted octanol–water partition coefficient (Wildman–Crippen LogP) is -0.639. The van der Waals surface area contributed by atoms with E-state index in [1.165, 1.54) is 23.6 Å². The van der Waals surface area contributed by atoms with Crippen LogP contribution in [0, 0.1) is 0 Å². The maximum absolute atomic E-state index is 12.5. The lowest BCUT2D eigenvalue weighted by molar-refractivity contribution is -0.144.